The summed E-state index contributed by atoms with van der Waals surface area (Å²) in [6.45, 7) is 16.5. The third-order valence-electron chi connectivity index (χ3n) is 15.8. The summed E-state index contributed by atoms with van der Waals surface area (Å²) in [6, 6.07) is 34.6. The Morgan fingerprint density at radius 2 is 0.916 bits per heavy atom. The average molecular weight is 1160 g/mol. The molecule has 0 aliphatic carbocycles. The Bertz CT molecular complexity index is 2350. The summed E-state index contributed by atoms with van der Waals surface area (Å²) < 4.78 is 104. The molecule has 8 rings (SSSR count). The van der Waals surface area contributed by atoms with Crippen molar-refractivity contribution in [3.05, 3.63) is 120 Å². The zero-order chi connectivity index (χ0) is 58.0. The summed E-state index contributed by atoms with van der Waals surface area (Å²) in [5.41, 5.74) is 2.79. The maximum Gasteiger partial charge on any atom is 0.187 e. The molecule has 462 valence electrons. The van der Waals surface area contributed by atoms with E-state index in [1.807, 2.05) is 72.8 Å². The van der Waals surface area contributed by atoms with E-state index in [9.17, 15) is 5.11 Å². The zero-order valence-corrected chi connectivity index (χ0v) is 50.4. The van der Waals surface area contributed by atoms with E-state index < -0.39 is 98.4 Å². The van der Waals surface area contributed by atoms with Crippen LogP contribution in [0.25, 0.3) is 10.8 Å². The van der Waals surface area contributed by atoms with Gasteiger partial charge in [-0.2, -0.15) is 0 Å². The topological polar surface area (TPSA) is 159 Å². The minimum Gasteiger partial charge on any atom is -0.379 e. The first-order valence-corrected chi connectivity index (χ1v) is 31.5. The van der Waals surface area contributed by atoms with Crippen LogP contribution in [0.15, 0.2) is 103 Å². The number of fused-ring (bicyclic) bond motifs is 2. The van der Waals surface area contributed by atoms with Gasteiger partial charge in [0.05, 0.1) is 33.0 Å². The molecule has 4 aromatic carbocycles. The molecular weight excluding hydrogens is 1060 g/mol. The van der Waals surface area contributed by atoms with Crippen molar-refractivity contribution in [2.24, 2.45) is 0 Å². The first kappa shape index (κ1) is 65.5. The van der Waals surface area contributed by atoms with Crippen molar-refractivity contribution in [2.45, 2.75) is 230 Å². The predicted molar refractivity (Wildman–Crippen MR) is 316 cm³/mol. The lowest BCUT2D eigenvalue weighted by Crippen LogP contribution is -2.68. The molecule has 0 saturated carbocycles. The third kappa shape index (κ3) is 19.0. The summed E-state index contributed by atoms with van der Waals surface area (Å²) in [6.07, 6.45) is -3.66. The van der Waals surface area contributed by atoms with Gasteiger partial charge < -0.3 is 76.2 Å². The van der Waals surface area contributed by atoms with E-state index in [1.54, 1.807) is 0 Å². The molecule has 4 aromatic rings. The lowest BCUT2D eigenvalue weighted by molar-refractivity contribution is -0.413. The second-order valence-corrected chi connectivity index (χ2v) is 22.4. The van der Waals surface area contributed by atoms with Crippen LogP contribution in [-0.2, 0) is 84.3 Å². The van der Waals surface area contributed by atoms with Gasteiger partial charge in [0.2, 0.25) is 0 Å². The Kier molecular flexibility index (Phi) is 28.4. The number of hydrogen-bond acceptors (Lipinski definition) is 16. The Morgan fingerprint density at radius 3 is 1.53 bits per heavy atom. The third-order valence-corrected chi connectivity index (χ3v) is 15.8. The molecule has 4 aliphatic rings. The molecule has 83 heavy (non-hydrogen) atoms. The van der Waals surface area contributed by atoms with Crippen LogP contribution in [0.1, 0.15) is 142 Å². The van der Waals surface area contributed by atoms with E-state index in [2.05, 4.69) is 71.9 Å². The second kappa shape index (κ2) is 36.0. The molecular formula is C67H98O16. The number of ether oxygens (including phenoxy) is 15. The van der Waals surface area contributed by atoms with E-state index in [4.69, 9.17) is 71.1 Å². The molecule has 0 amide bonds. The van der Waals surface area contributed by atoms with Gasteiger partial charge in [-0.25, -0.2) is 0 Å². The van der Waals surface area contributed by atoms with Crippen molar-refractivity contribution in [3.8, 4) is 0 Å². The van der Waals surface area contributed by atoms with Crippen molar-refractivity contribution < 1.29 is 76.2 Å². The summed E-state index contributed by atoms with van der Waals surface area (Å²) in [4.78, 5) is 0. The van der Waals surface area contributed by atoms with Crippen molar-refractivity contribution in [1.82, 2.24) is 0 Å². The van der Waals surface area contributed by atoms with Gasteiger partial charge in [-0.05, 0) is 66.5 Å². The van der Waals surface area contributed by atoms with Gasteiger partial charge in [0.1, 0.15) is 73.2 Å². The fourth-order valence-corrected chi connectivity index (χ4v) is 11.0. The summed E-state index contributed by atoms with van der Waals surface area (Å²) in [5.74, 6) is 0. The number of aliphatic hydroxyl groups is 1. The first-order chi connectivity index (χ1) is 40.9. The van der Waals surface area contributed by atoms with Crippen molar-refractivity contribution in [1.29, 1.82) is 0 Å². The predicted octanol–water partition coefficient (Wildman–Crippen LogP) is 11.7. The van der Waals surface area contributed by atoms with Gasteiger partial charge in [0.25, 0.3) is 0 Å². The largest absolute Gasteiger partial charge is 0.379 e. The quantitative estimate of drug-likeness (QED) is 0.0425. The SMILES string of the molecule is CCCCOCC1O[C@H](OC2[C@H](O)OC(COCCCC)[C@@H](OCCCC)[C@@H]2OCCCC)C(O[C@@H]2OC3COC(c4ccccc4)O[C@H]3[C@H](OCc3ccc4ccccc4c3)C2OCc2ccccc2)[C@@H](OCCCC)[C@@H]1OCCCC. The summed E-state index contributed by atoms with van der Waals surface area (Å²) in [7, 11) is 0. The monoisotopic (exact) mass is 1160 g/mol. The van der Waals surface area contributed by atoms with Gasteiger partial charge in [0, 0.05) is 45.2 Å². The highest BCUT2D eigenvalue weighted by Gasteiger charge is 2.58. The minimum absolute atomic E-state index is 0.161. The molecule has 7 unspecified atom stereocenters. The highest BCUT2D eigenvalue weighted by molar-refractivity contribution is 5.82. The number of aliphatic hydroxyl groups excluding tert-OH is 1. The van der Waals surface area contributed by atoms with Gasteiger partial charge in [-0.1, -0.05) is 177 Å². The van der Waals surface area contributed by atoms with Crippen LogP contribution < -0.4 is 0 Å². The van der Waals surface area contributed by atoms with Gasteiger partial charge in [-0.15, -0.1) is 0 Å². The molecule has 0 aromatic heterocycles. The minimum atomic E-state index is -1.48. The normalized spacial score (nSPS) is 30.2. The second-order valence-electron chi connectivity index (χ2n) is 22.4. The van der Waals surface area contributed by atoms with E-state index in [1.165, 1.54) is 0 Å². The molecule has 0 radical (unpaired) electrons. The highest BCUT2D eigenvalue weighted by Crippen LogP contribution is 2.41. The fourth-order valence-electron chi connectivity index (χ4n) is 11.0. The van der Waals surface area contributed by atoms with E-state index >= 15 is 0 Å². The number of unbranched alkanes of at least 4 members (excludes halogenated alkanes) is 6. The Balaban J connectivity index is 1.21. The Morgan fingerprint density at radius 1 is 0.422 bits per heavy atom. The van der Waals surface area contributed by atoms with Gasteiger partial charge in [0.15, 0.2) is 25.2 Å². The standard InChI is InChI=1S/C67H98O16/c1-7-13-35-69-44-52-55(71-37-15-9-3)58(73-39-17-11-5)61(64(68)78-52)82-67-63(59(74-40-18-12-6)56(72-38-16-10-4)53(79-67)45-70-36-14-8-2)83-66-62(76-42-47-27-21-19-22-28-47)60(75-43-48-33-34-49-29-25-26-32-51(49)41-48)57-54(80-66)46-77-65(81-57)50-30-23-20-24-31-50/h19-34,41,52-68H,7-18,35-40,42-46H2,1-6H3/t52?,53?,54?,55-,56-,57-,58+,59+,60+,61?,62?,63?,64-,65?,66+,67-/m1/s1. The van der Waals surface area contributed by atoms with Crippen LogP contribution in [0.2, 0.25) is 0 Å². The van der Waals surface area contributed by atoms with Crippen molar-refractivity contribution in [3.63, 3.8) is 0 Å². The van der Waals surface area contributed by atoms with Crippen LogP contribution in [0.5, 0.6) is 0 Å². The summed E-state index contributed by atoms with van der Waals surface area (Å²) in [5, 5.41) is 14.6. The molecule has 4 aliphatic heterocycles. The lowest BCUT2D eigenvalue weighted by Gasteiger charge is -2.52. The molecule has 16 atom stereocenters. The number of benzene rings is 4. The molecule has 4 saturated heterocycles. The van der Waals surface area contributed by atoms with E-state index in [0.29, 0.717) is 39.6 Å². The first-order valence-electron chi connectivity index (χ1n) is 31.5. The maximum absolute atomic E-state index is 12.4. The van der Waals surface area contributed by atoms with Crippen molar-refractivity contribution in [2.75, 3.05) is 59.5 Å². The molecule has 4 heterocycles. The smallest absolute Gasteiger partial charge is 0.187 e. The lowest BCUT2D eigenvalue weighted by atomic mass is 9.95. The molecule has 4 fully saturated rings. The average Bonchev–Trinajstić information content (AvgIpc) is 3.62. The molecule has 16 heteroatoms. The molecule has 16 nitrogen and oxygen atoms in total. The van der Waals surface area contributed by atoms with E-state index in [0.717, 1.165) is 105 Å². The zero-order valence-electron chi connectivity index (χ0n) is 50.4. The van der Waals surface area contributed by atoms with Gasteiger partial charge in [-0.3, -0.25) is 0 Å². The van der Waals surface area contributed by atoms with Crippen LogP contribution in [-0.4, -0.2) is 157 Å². The van der Waals surface area contributed by atoms with Crippen LogP contribution in [0, 0.1) is 0 Å². The van der Waals surface area contributed by atoms with Crippen LogP contribution in [0.4, 0.5) is 0 Å². The highest BCUT2D eigenvalue weighted by atomic mass is 16.8. The fraction of sp³-hybridized carbons (Fsp3) is 0.672. The van der Waals surface area contributed by atoms with E-state index in [-0.39, 0.29) is 33.0 Å². The Hall–Kier alpha value is -3.50. The maximum atomic E-state index is 12.4. The summed E-state index contributed by atoms with van der Waals surface area (Å²) >= 11 is 0. The van der Waals surface area contributed by atoms with Crippen molar-refractivity contribution >= 4 is 10.8 Å². The molecule has 0 spiro atoms. The van der Waals surface area contributed by atoms with Crippen LogP contribution in [0.3, 0.4) is 0 Å². The van der Waals surface area contributed by atoms with Gasteiger partial charge >= 0.3 is 0 Å². The molecule has 0 bridgehead atoms. The number of rotatable bonds is 37. The Labute approximate surface area is 494 Å². The number of hydrogen-bond donors (Lipinski definition) is 1. The molecule has 1 N–H and O–H groups in total. The van der Waals surface area contributed by atoms with Crippen LogP contribution >= 0.6 is 0 Å².